The van der Waals surface area contributed by atoms with E-state index in [1.807, 2.05) is 12.1 Å². The maximum absolute atomic E-state index is 10.6. The van der Waals surface area contributed by atoms with Gasteiger partial charge in [-0.25, -0.2) is 0 Å². The molecule has 121 valence electrons. The van der Waals surface area contributed by atoms with Crippen LogP contribution >= 0.6 is 90.4 Å². The van der Waals surface area contributed by atoms with E-state index in [0.29, 0.717) is 12.2 Å². The largest absolute Gasteiger partial charge is 0.506 e. The zero-order valence-electron chi connectivity index (χ0n) is 11.4. The summed E-state index contributed by atoms with van der Waals surface area (Å²) >= 11 is 8.54. The highest BCUT2D eigenvalue weighted by Crippen LogP contribution is 2.36. The molecule has 1 atom stereocenters. The van der Waals surface area contributed by atoms with Crippen molar-refractivity contribution in [3.63, 3.8) is 0 Å². The second-order valence-corrected chi connectivity index (χ2v) is 9.30. The van der Waals surface area contributed by atoms with Crippen LogP contribution in [-0.4, -0.2) is 17.4 Å². The Balaban J connectivity index is 2.32. The molecule has 0 aliphatic heterocycles. The van der Waals surface area contributed by atoms with E-state index in [1.54, 1.807) is 18.4 Å². The molecule has 4 nitrogen and oxygen atoms in total. The number of rotatable bonds is 5. The van der Waals surface area contributed by atoms with Crippen molar-refractivity contribution in [1.29, 1.82) is 0 Å². The number of halogens is 4. The predicted octanol–water partition coefficient (Wildman–Crippen LogP) is 4.58. The molecule has 0 fully saturated rings. The molecule has 0 amide bonds. The van der Waals surface area contributed by atoms with Crippen LogP contribution in [0.5, 0.6) is 17.2 Å². The van der Waals surface area contributed by atoms with Crippen molar-refractivity contribution < 1.29 is 14.6 Å². The van der Waals surface area contributed by atoms with Gasteiger partial charge in [-0.3, -0.25) is 4.79 Å². The second kappa shape index (κ2) is 8.80. The quantitative estimate of drug-likeness (QED) is 0.439. The SMILES string of the molecule is N[C@@H]([C]=O)Cc1cc(I)c(Oc2cc(I)c(O)c(I)c2)c(I)c1. The molecule has 0 heterocycles. The summed E-state index contributed by atoms with van der Waals surface area (Å²) in [7, 11) is 0. The molecule has 0 aliphatic rings. The third kappa shape index (κ3) is 5.28. The number of nitrogens with two attached hydrogens (primary N) is 1. The Morgan fingerprint density at radius 2 is 1.57 bits per heavy atom. The molecule has 1 radical (unpaired) electrons. The maximum atomic E-state index is 10.6. The summed E-state index contributed by atoms with van der Waals surface area (Å²) in [5.74, 6) is 1.67. The lowest BCUT2D eigenvalue weighted by Crippen LogP contribution is -2.24. The van der Waals surface area contributed by atoms with Crippen LogP contribution in [0, 0.1) is 14.3 Å². The number of ether oxygens (including phenoxy) is 1. The smallest absolute Gasteiger partial charge is 0.217 e. The van der Waals surface area contributed by atoms with E-state index in [9.17, 15) is 9.90 Å². The number of benzene rings is 2. The van der Waals surface area contributed by atoms with Gasteiger partial charge in [-0.2, -0.15) is 0 Å². The molecular formula is C15H10I4NO3. The molecule has 0 unspecified atom stereocenters. The summed E-state index contributed by atoms with van der Waals surface area (Å²) < 4.78 is 9.33. The Morgan fingerprint density at radius 3 is 2.04 bits per heavy atom. The number of phenolic OH excluding ortho intramolecular Hbond substituents is 1. The van der Waals surface area contributed by atoms with Crippen LogP contribution in [-0.2, 0) is 11.2 Å². The Labute approximate surface area is 188 Å². The van der Waals surface area contributed by atoms with E-state index >= 15 is 0 Å². The fourth-order valence-electron chi connectivity index (χ4n) is 1.84. The highest BCUT2D eigenvalue weighted by Gasteiger charge is 2.14. The molecule has 0 aliphatic carbocycles. The first-order chi connectivity index (χ1) is 10.8. The molecule has 2 aromatic rings. The summed E-state index contributed by atoms with van der Waals surface area (Å²) in [6, 6.07) is 6.86. The Bertz CT molecular complexity index is 705. The van der Waals surface area contributed by atoms with E-state index < -0.39 is 6.04 Å². The van der Waals surface area contributed by atoms with E-state index in [2.05, 4.69) is 90.4 Å². The van der Waals surface area contributed by atoms with Crippen molar-refractivity contribution in [2.45, 2.75) is 12.5 Å². The molecule has 8 heteroatoms. The summed E-state index contributed by atoms with van der Waals surface area (Å²) in [6.07, 6.45) is 2.24. The van der Waals surface area contributed by atoms with E-state index in [0.717, 1.165) is 25.6 Å². The van der Waals surface area contributed by atoms with Gasteiger partial charge in [0.25, 0.3) is 0 Å². The normalized spacial score (nSPS) is 12.0. The lowest BCUT2D eigenvalue weighted by atomic mass is 10.1. The van der Waals surface area contributed by atoms with Crippen LogP contribution < -0.4 is 10.5 Å². The van der Waals surface area contributed by atoms with Crippen LogP contribution in [0.1, 0.15) is 5.56 Å². The second-order valence-electron chi connectivity index (χ2n) is 4.65. The first kappa shape index (κ1) is 19.9. The molecule has 0 saturated heterocycles. The molecule has 0 aromatic heterocycles. The maximum Gasteiger partial charge on any atom is 0.217 e. The molecule has 0 saturated carbocycles. The zero-order chi connectivity index (χ0) is 17.1. The molecule has 3 N–H and O–H groups in total. The van der Waals surface area contributed by atoms with Crippen molar-refractivity contribution in [2.24, 2.45) is 5.73 Å². The van der Waals surface area contributed by atoms with E-state index in [-0.39, 0.29) is 5.75 Å². The number of aromatic hydroxyl groups is 1. The minimum absolute atomic E-state index is 0.261. The third-order valence-electron chi connectivity index (χ3n) is 2.88. The van der Waals surface area contributed by atoms with Gasteiger partial charge in [0.2, 0.25) is 6.29 Å². The summed E-state index contributed by atoms with van der Waals surface area (Å²) in [5.41, 5.74) is 6.60. The lowest BCUT2D eigenvalue weighted by molar-refractivity contribution is 0.455. The van der Waals surface area contributed by atoms with Gasteiger partial charge in [0.15, 0.2) is 5.75 Å². The monoisotopic (exact) mass is 760 g/mol. The van der Waals surface area contributed by atoms with Gasteiger partial charge < -0.3 is 15.6 Å². The number of phenols is 1. The van der Waals surface area contributed by atoms with Crippen LogP contribution in [0.25, 0.3) is 0 Å². The van der Waals surface area contributed by atoms with Gasteiger partial charge in [0.1, 0.15) is 11.5 Å². The highest BCUT2D eigenvalue weighted by atomic mass is 127. The summed E-state index contributed by atoms with van der Waals surface area (Å²) in [6.45, 7) is 0. The molecule has 2 rings (SSSR count). The van der Waals surface area contributed by atoms with Crippen LogP contribution in [0.2, 0.25) is 0 Å². The van der Waals surface area contributed by atoms with Gasteiger partial charge >= 0.3 is 0 Å². The minimum Gasteiger partial charge on any atom is -0.506 e. The Hall–Kier alpha value is 0.590. The standard InChI is InChI=1S/C15H10I4NO3/c16-10-4-9(5-11(17)14(10)22)23-15-12(18)2-7(3-13(15)19)1-8(20)6-21/h2-5,8,22H,1,20H2/t8-/m1/s1. The van der Waals surface area contributed by atoms with Crippen molar-refractivity contribution >= 4 is 96.6 Å². The van der Waals surface area contributed by atoms with Crippen molar-refractivity contribution in [1.82, 2.24) is 0 Å². The number of hydrogen-bond acceptors (Lipinski definition) is 4. The fourth-order valence-corrected chi connectivity index (χ4v) is 5.67. The topological polar surface area (TPSA) is 72.6 Å². The van der Waals surface area contributed by atoms with Gasteiger partial charge in [-0.15, -0.1) is 0 Å². The molecule has 0 bridgehead atoms. The van der Waals surface area contributed by atoms with Gasteiger partial charge in [-0.05, 0) is 127 Å². The number of carbonyl (C=O) groups excluding carboxylic acids is 1. The molecule has 2 aromatic carbocycles. The first-order valence-electron chi connectivity index (χ1n) is 6.29. The average molecular weight is 760 g/mol. The van der Waals surface area contributed by atoms with Crippen LogP contribution in [0.4, 0.5) is 0 Å². The van der Waals surface area contributed by atoms with Gasteiger partial charge in [0, 0.05) is 0 Å². The van der Waals surface area contributed by atoms with E-state index in [4.69, 9.17) is 10.5 Å². The summed E-state index contributed by atoms with van der Waals surface area (Å²) in [5, 5.41) is 9.83. The molecule has 0 spiro atoms. The van der Waals surface area contributed by atoms with Crippen molar-refractivity contribution in [2.75, 3.05) is 0 Å². The van der Waals surface area contributed by atoms with Crippen LogP contribution in [0.15, 0.2) is 24.3 Å². The average Bonchev–Trinajstić information content (AvgIpc) is 2.48. The minimum atomic E-state index is -0.617. The predicted molar refractivity (Wildman–Crippen MR) is 123 cm³/mol. The van der Waals surface area contributed by atoms with Crippen molar-refractivity contribution in [3.8, 4) is 17.2 Å². The zero-order valence-corrected chi connectivity index (χ0v) is 20.1. The van der Waals surface area contributed by atoms with Crippen LogP contribution in [0.3, 0.4) is 0 Å². The van der Waals surface area contributed by atoms with Gasteiger partial charge in [-0.1, -0.05) is 0 Å². The third-order valence-corrected chi connectivity index (χ3v) is 6.12. The lowest BCUT2D eigenvalue weighted by Gasteiger charge is -2.14. The van der Waals surface area contributed by atoms with Crippen molar-refractivity contribution in [3.05, 3.63) is 44.1 Å². The first-order valence-corrected chi connectivity index (χ1v) is 10.6. The molecular weight excluding hydrogens is 750 g/mol. The van der Waals surface area contributed by atoms with E-state index in [1.165, 1.54) is 0 Å². The Morgan fingerprint density at radius 1 is 1.04 bits per heavy atom. The fraction of sp³-hybridized carbons (Fsp3) is 0.133. The number of hydrogen-bond donors (Lipinski definition) is 2. The molecule has 23 heavy (non-hydrogen) atoms. The Kier molecular flexibility index (Phi) is 7.62. The summed E-state index contributed by atoms with van der Waals surface area (Å²) in [4.78, 5) is 10.6. The van der Waals surface area contributed by atoms with Gasteiger partial charge in [0.05, 0.1) is 20.3 Å². The highest BCUT2D eigenvalue weighted by molar-refractivity contribution is 14.1.